The molecule has 18 heavy (non-hydrogen) atoms. The molecule has 2 atom stereocenters. The van der Waals surface area contributed by atoms with Gasteiger partial charge in [0, 0.05) is 18.4 Å². The lowest BCUT2D eigenvalue weighted by Gasteiger charge is -2.17. The highest BCUT2D eigenvalue weighted by Gasteiger charge is 2.68. The third-order valence-electron chi connectivity index (χ3n) is 5.16. The Bertz CT molecular complexity index is 375. The van der Waals surface area contributed by atoms with Gasteiger partial charge >= 0.3 is 0 Å². The first-order chi connectivity index (χ1) is 8.32. The van der Waals surface area contributed by atoms with E-state index in [1.807, 2.05) is 0 Å². The average Bonchev–Trinajstić information content (AvgIpc) is 2.70. The molecule has 0 unspecified atom stereocenters. The number of nitrogens with zero attached hydrogens (tertiary/aromatic N) is 1. The van der Waals surface area contributed by atoms with E-state index in [4.69, 9.17) is 4.74 Å². The lowest BCUT2D eigenvalue weighted by molar-refractivity contribution is -0.124. The van der Waals surface area contributed by atoms with E-state index in [1.165, 1.54) is 0 Å². The maximum atomic E-state index is 12.3. The molecule has 0 aromatic carbocycles. The normalized spacial score (nSPS) is 30.5. The number of hydrogen-bond acceptors (Lipinski definition) is 3. The van der Waals surface area contributed by atoms with Crippen molar-refractivity contribution in [2.75, 3.05) is 13.2 Å². The monoisotopic (exact) mass is 250 g/mol. The minimum atomic E-state index is -0.410. The Morgan fingerprint density at radius 3 is 2.39 bits per heavy atom. The smallest absolute Gasteiger partial charge is 0.225 e. The van der Waals surface area contributed by atoms with E-state index in [0.29, 0.717) is 13.2 Å². The van der Waals surface area contributed by atoms with E-state index in [1.54, 1.807) is 0 Å². The molecule has 4 nitrogen and oxygen atoms in total. The van der Waals surface area contributed by atoms with Gasteiger partial charge in [0.05, 0.1) is 12.7 Å². The first-order valence-corrected chi connectivity index (χ1v) is 6.60. The van der Waals surface area contributed by atoms with Crippen LogP contribution in [0.5, 0.6) is 0 Å². The van der Waals surface area contributed by atoms with Crippen molar-refractivity contribution >= 4 is 5.91 Å². The van der Waals surface area contributed by atoms with Gasteiger partial charge in [0.25, 0.3) is 0 Å². The lowest BCUT2D eigenvalue weighted by atomic mass is 9.99. The molecule has 0 radical (unpaired) electrons. The van der Waals surface area contributed by atoms with Gasteiger partial charge in [-0.25, -0.2) is 0 Å². The zero-order valence-corrected chi connectivity index (χ0v) is 11.6. The summed E-state index contributed by atoms with van der Waals surface area (Å²) in [7, 11) is 0. The Morgan fingerprint density at radius 2 is 2.00 bits per heavy atom. The van der Waals surface area contributed by atoms with E-state index >= 15 is 0 Å². The SMILES string of the molecule is CC1(C)C(C(=O)N[C@H](C#N)[C@@H]2CCOC2)C1(C)C. The van der Waals surface area contributed by atoms with Crippen LogP contribution < -0.4 is 5.32 Å². The number of ether oxygens (including phenoxy) is 1. The van der Waals surface area contributed by atoms with E-state index in [2.05, 4.69) is 39.1 Å². The lowest BCUT2D eigenvalue weighted by Crippen LogP contribution is -2.41. The number of nitrogens with one attached hydrogen (secondary N) is 1. The van der Waals surface area contributed by atoms with Crippen LogP contribution in [0.2, 0.25) is 0 Å². The predicted octanol–water partition coefficient (Wildman–Crippen LogP) is 1.71. The van der Waals surface area contributed by atoms with Crippen LogP contribution in [0.1, 0.15) is 34.1 Å². The highest BCUT2D eigenvalue weighted by Crippen LogP contribution is 2.68. The third kappa shape index (κ3) is 1.91. The summed E-state index contributed by atoms with van der Waals surface area (Å²) in [6, 6.07) is 1.79. The van der Waals surface area contributed by atoms with Crippen LogP contribution >= 0.6 is 0 Å². The molecule has 1 aliphatic carbocycles. The topological polar surface area (TPSA) is 62.1 Å². The molecule has 0 bridgehead atoms. The van der Waals surface area contributed by atoms with Gasteiger partial charge in [-0.2, -0.15) is 5.26 Å². The Kier molecular flexibility index (Phi) is 3.14. The van der Waals surface area contributed by atoms with Crippen LogP contribution in [0.4, 0.5) is 0 Å². The predicted molar refractivity (Wildman–Crippen MR) is 67.5 cm³/mol. The van der Waals surface area contributed by atoms with E-state index in [-0.39, 0.29) is 28.6 Å². The van der Waals surface area contributed by atoms with Gasteiger partial charge in [0.1, 0.15) is 6.04 Å². The molecule has 0 spiro atoms. The second-order valence-corrected chi connectivity index (χ2v) is 6.62. The summed E-state index contributed by atoms with van der Waals surface area (Å²) in [5, 5.41) is 12.1. The molecule has 2 aliphatic rings. The molecule has 1 heterocycles. The number of hydrogen-bond donors (Lipinski definition) is 1. The second kappa shape index (κ2) is 4.24. The van der Waals surface area contributed by atoms with Crippen LogP contribution in [-0.2, 0) is 9.53 Å². The third-order valence-corrected chi connectivity index (χ3v) is 5.16. The highest BCUT2D eigenvalue weighted by molar-refractivity contribution is 5.84. The van der Waals surface area contributed by atoms with Gasteiger partial charge in [-0.05, 0) is 17.3 Å². The average molecular weight is 250 g/mol. The fourth-order valence-electron chi connectivity index (χ4n) is 3.16. The zero-order valence-electron chi connectivity index (χ0n) is 11.6. The van der Waals surface area contributed by atoms with Crippen molar-refractivity contribution < 1.29 is 9.53 Å². The van der Waals surface area contributed by atoms with Crippen molar-refractivity contribution in [3.05, 3.63) is 0 Å². The summed E-state index contributed by atoms with van der Waals surface area (Å²) < 4.78 is 5.28. The highest BCUT2D eigenvalue weighted by atomic mass is 16.5. The van der Waals surface area contributed by atoms with Crippen molar-refractivity contribution in [2.24, 2.45) is 22.7 Å². The molecular weight excluding hydrogens is 228 g/mol. The maximum absolute atomic E-state index is 12.3. The standard InChI is InChI=1S/C14H22N2O2/c1-13(2)11(14(13,3)4)12(17)16-10(7-15)9-5-6-18-8-9/h9-11H,5-6,8H2,1-4H3,(H,16,17)/t9-,10-/m1/s1. The molecule has 1 amide bonds. The van der Waals surface area contributed by atoms with Crippen LogP contribution in [0.15, 0.2) is 0 Å². The number of carbonyl (C=O) groups is 1. The molecule has 4 heteroatoms. The Morgan fingerprint density at radius 1 is 1.39 bits per heavy atom. The summed E-state index contributed by atoms with van der Waals surface area (Å²) in [5.74, 6) is 0.163. The Hall–Kier alpha value is -1.08. The molecule has 1 saturated carbocycles. The summed E-state index contributed by atoms with van der Waals surface area (Å²) in [6.07, 6.45) is 0.857. The van der Waals surface area contributed by atoms with Gasteiger partial charge in [0.2, 0.25) is 5.91 Å². The summed E-state index contributed by atoms with van der Waals surface area (Å²) in [5.41, 5.74) is 0.0343. The van der Waals surface area contributed by atoms with Gasteiger partial charge in [-0.15, -0.1) is 0 Å². The zero-order chi connectivity index (χ0) is 13.6. The van der Waals surface area contributed by atoms with Crippen molar-refractivity contribution in [1.82, 2.24) is 5.32 Å². The summed E-state index contributed by atoms with van der Waals surface area (Å²) in [6.45, 7) is 9.71. The first kappa shape index (κ1) is 13.4. The van der Waals surface area contributed by atoms with E-state index < -0.39 is 6.04 Å². The van der Waals surface area contributed by atoms with E-state index in [9.17, 15) is 10.1 Å². The van der Waals surface area contributed by atoms with Gasteiger partial charge in [-0.3, -0.25) is 4.79 Å². The number of amides is 1. The van der Waals surface area contributed by atoms with Crippen molar-refractivity contribution in [3.63, 3.8) is 0 Å². The fraction of sp³-hybridized carbons (Fsp3) is 0.857. The van der Waals surface area contributed by atoms with Gasteiger partial charge in [-0.1, -0.05) is 27.7 Å². The van der Waals surface area contributed by atoms with Crippen molar-refractivity contribution in [1.29, 1.82) is 5.26 Å². The maximum Gasteiger partial charge on any atom is 0.225 e. The number of nitriles is 1. The molecule has 0 aromatic rings. The van der Waals surface area contributed by atoms with E-state index in [0.717, 1.165) is 6.42 Å². The summed E-state index contributed by atoms with van der Waals surface area (Å²) in [4.78, 5) is 12.3. The molecule has 1 N–H and O–H groups in total. The Balaban J connectivity index is 1.98. The van der Waals surface area contributed by atoms with Crippen LogP contribution in [0, 0.1) is 34.0 Å². The van der Waals surface area contributed by atoms with Crippen molar-refractivity contribution in [2.45, 2.75) is 40.2 Å². The molecular formula is C14H22N2O2. The van der Waals surface area contributed by atoms with Crippen LogP contribution in [0.25, 0.3) is 0 Å². The molecule has 0 aromatic heterocycles. The molecule has 100 valence electrons. The van der Waals surface area contributed by atoms with Crippen molar-refractivity contribution in [3.8, 4) is 6.07 Å². The van der Waals surface area contributed by atoms with Gasteiger partial charge in [0.15, 0.2) is 0 Å². The Labute approximate surface area is 109 Å². The molecule has 2 rings (SSSR count). The quantitative estimate of drug-likeness (QED) is 0.829. The first-order valence-electron chi connectivity index (χ1n) is 6.60. The molecule has 2 fully saturated rings. The number of carbonyl (C=O) groups excluding carboxylic acids is 1. The molecule has 1 aliphatic heterocycles. The van der Waals surface area contributed by atoms with Crippen LogP contribution in [-0.4, -0.2) is 25.2 Å². The minimum Gasteiger partial charge on any atom is -0.381 e. The summed E-state index contributed by atoms with van der Waals surface area (Å²) >= 11 is 0. The van der Waals surface area contributed by atoms with Crippen LogP contribution in [0.3, 0.4) is 0 Å². The largest absolute Gasteiger partial charge is 0.381 e. The fourth-order valence-corrected chi connectivity index (χ4v) is 3.16. The molecule has 1 saturated heterocycles. The van der Waals surface area contributed by atoms with Gasteiger partial charge < -0.3 is 10.1 Å². The minimum absolute atomic E-state index is 0.00294. The second-order valence-electron chi connectivity index (χ2n) is 6.62. The number of rotatable bonds is 3.